The number of nitrogens with two attached hydrogens (primary N) is 2. The van der Waals surface area contributed by atoms with Crippen molar-refractivity contribution in [2.24, 2.45) is 10.8 Å². The summed E-state index contributed by atoms with van der Waals surface area (Å²) in [5.74, 6) is 0. The molecular weight excluding hydrogens is 140 g/mol. The monoisotopic (exact) mass is 150 g/mol. The fourth-order valence-corrected chi connectivity index (χ4v) is 0.669. The van der Waals surface area contributed by atoms with Crippen molar-refractivity contribution in [3.05, 3.63) is 24.3 Å². The summed E-state index contributed by atoms with van der Waals surface area (Å²) < 4.78 is 0. The highest BCUT2D eigenvalue weighted by Gasteiger charge is 1.86. The average Bonchev–Trinajstić information content (AvgIpc) is 2.04. The maximum atomic E-state index is 5.46. The number of nitrogen functional groups attached to an aromatic ring is 1. The molecule has 0 aliphatic heterocycles. The van der Waals surface area contributed by atoms with E-state index in [2.05, 4.69) is 10.5 Å². The number of hydrogen-bond donors (Lipinski definition) is 3. The molecule has 0 heterocycles. The van der Waals surface area contributed by atoms with Crippen molar-refractivity contribution in [2.75, 3.05) is 11.2 Å². The standard InChI is InChI=1S/C7H10N4/c8-5-10-11-7-3-1-6(9)2-4-7/h1-5,11H,9H2,(H2,8,10). The molecule has 0 bridgehead atoms. The number of benzene rings is 1. The number of nitrogens with one attached hydrogen (secondary N) is 1. The van der Waals surface area contributed by atoms with Gasteiger partial charge >= 0.3 is 0 Å². The van der Waals surface area contributed by atoms with Gasteiger partial charge in [-0.15, -0.1) is 0 Å². The van der Waals surface area contributed by atoms with Gasteiger partial charge in [0.25, 0.3) is 0 Å². The molecule has 0 saturated carbocycles. The first-order chi connectivity index (χ1) is 5.33. The highest BCUT2D eigenvalue weighted by atomic mass is 15.3. The molecule has 0 radical (unpaired) electrons. The molecular formula is C7H10N4. The van der Waals surface area contributed by atoms with E-state index in [-0.39, 0.29) is 0 Å². The number of hydrazone groups is 1. The normalized spacial score (nSPS) is 10.2. The molecule has 1 aromatic rings. The molecule has 0 atom stereocenters. The van der Waals surface area contributed by atoms with Crippen molar-refractivity contribution >= 4 is 17.7 Å². The van der Waals surface area contributed by atoms with Crippen LogP contribution in [0.1, 0.15) is 0 Å². The molecule has 0 saturated heterocycles. The number of anilines is 2. The second kappa shape index (κ2) is 3.46. The van der Waals surface area contributed by atoms with Crippen LogP contribution >= 0.6 is 0 Å². The zero-order valence-electron chi connectivity index (χ0n) is 5.99. The fraction of sp³-hybridized carbons (Fsp3) is 0. The van der Waals surface area contributed by atoms with Crippen LogP contribution in [0.2, 0.25) is 0 Å². The van der Waals surface area contributed by atoms with Crippen molar-refractivity contribution in [1.29, 1.82) is 0 Å². The Balaban J connectivity index is 2.66. The van der Waals surface area contributed by atoms with Crippen LogP contribution in [0.4, 0.5) is 11.4 Å². The summed E-state index contributed by atoms with van der Waals surface area (Å²) in [6.45, 7) is 0. The molecule has 5 N–H and O–H groups in total. The average molecular weight is 150 g/mol. The Labute approximate surface area is 64.9 Å². The Hall–Kier alpha value is -1.71. The molecule has 0 aliphatic carbocycles. The molecule has 0 amide bonds. The molecule has 0 fully saturated rings. The zero-order chi connectivity index (χ0) is 8.10. The molecule has 4 heteroatoms. The topological polar surface area (TPSA) is 76.4 Å². The van der Waals surface area contributed by atoms with Crippen molar-refractivity contribution in [3.8, 4) is 0 Å². The van der Waals surface area contributed by atoms with Gasteiger partial charge in [0, 0.05) is 5.69 Å². The Kier molecular flexibility index (Phi) is 2.32. The summed E-state index contributed by atoms with van der Waals surface area (Å²) in [5, 5.41) is 3.63. The van der Waals surface area contributed by atoms with Crippen molar-refractivity contribution in [1.82, 2.24) is 0 Å². The van der Waals surface area contributed by atoms with E-state index in [0.717, 1.165) is 11.4 Å². The lowest BCUT2D eigenvalue weighted by Crippen LogP contribution is -1.95. The first kappa shape index (κ1) is 7.40. The third-order valence-electron chi connectivity index (χ3n) is 1.18. The molecule has 58 valence electrons. The molecule has 0 aliphatic rings. The molecule has 1 aromatic carbocycles. The largest absolute Gasteiger partial charge is 0.399 e. The summed E-state index contributed by atoms with van der Waals surface area (Å²) in [6, 6.07) is 7.22. The summed E-state index contributed by atoms with van der Waals surface area (Å²) in [4.78, 5) is 0. The van der Waals surface area contributed by atoms with Crippen LogP contribution in [0.5, 0.6) is 0 Å². The summed E-state index contributed by atoms with van der Waals surface area (Å²) in [5.41, 5.74) is 14.8. The van der Waals surface area contributed by atoms with Gasteiger partial charge < -0.3 is 11.5 Å². The van der Waals surface area contributed by atoms with E-state index in [9.17, 15) is 0 Å². The highest BCUT2D eigenvalue weighted by Crippen LogP contribution is 2.09. The van der Waals surface area contributed by atoms with Gasteiger partial charge in [-0.2, -0.15) is 5.10 Å². The molecule has 11 heavy (non-hydrogen) atoms. The number of hydrogen-bond acceptors (Lipinski definition) is 3. The first-order valence-corrected chi connectivity index (χ1v) is 3.18. The van der Waals surface area contributed by atoms with Crippen LogP contribution < -0.4 is 16.9 Å². The van der Waals surface area contributed by atoms with Crippen molar-refractivity contribution < 1.29 is 0 Å². The minimum atomic E-state index is 0.729. The minimum Gasteiger partial charge on any atom is -0.399 e. The first-order valence-electron chi connectivity index (χ1n) is 3.18. The van der Waals surface area contributed by atoms with Crippen LogP contribution in [0.15, 0.2) is 29.4 Å². The predicted octanol–water partition coefficient (Wildman–Crippen LogP) is 0.583. The smallest absolute Gasteiger partial charge is 0.106 e. The second-order valence-corrected chi connectivity index (χ2v) is 2.01. The number of rotatable bonds is 2. The maximum Gasteiger partial charge on any atom is 0.106 e. The lowest BCUT2D eigenvalue weighted by atomic mass is 10.3. The fourth-order valence-electron chi connectivity index (χ4n) is 0.669. The van der Waals surface area contributed by atoms with E-state index in [4.69, 9.17) is 11.5 Å². The van der Waals surface area contributed by atoms with Gasteiger partial charge in [-0.05, 0) is 24.3 Å². The summed E-state index contributed by atoms with van der Waals surface area (Å²) in [6.07, 6.45) is 1.19. The molecule has 1 rings (SSSR count). The van der Waals surface area contributed by atoms with Gasteiger partial charge in [-0.1, -0.05) is 0 Å². The second-order valence-electron chi connectivity index (χ2n) is 2.01. The molecule has 0 aromatic heterocycles. The molecule has 4 nitrogen and oxygen atoms in total. The zero-order valence-corrected chi connectivity index (χ0v) is 5.99. The van der Waals surface area contributed by atoms with Gasteiger partial charge in [-0.25, -0.2) is 0 Å². The predicted molar refractivity (Wildman–Crippen MR) is 47.2 cm³/mol. The Morgan fingerprint density at radius 3 is 2.45 bits per heavy atom. The van der Waals surface area contributed by atoms with Crippen molar-refractivity contribution in [2.45, 2.75) is 0 Å². The summed E-state index contributed by atoms with van der Waals surface area (Å²) >= 11 is 0. The minimum absolute atomic E-state index is 0.729. The molecule has 0 unspecified atom stereocenters. The van der Waals surface area contributed by atoms with Crippen LogP contribution in [-0.2, 0) is 0 Å². The van der Waals surface area contributed by atoms with E-state index in [1.54, 1.807) is 12.1 Å². The molecule has 0 spiro atoms. The number of nitrogens with zero attached hydrogens (tertiary/aromatic N) is 1. The SMILES string of the molecule is N/C=N/Nc1ccc(N)cc1. The quantitative estimate of drug-likeness (QED) is 0.250. The van der Waals surface area contributed by atoms with Gasteiger partial charge in [0.1, 0.15) is 6.34 Å². The highest BCUT2D eigenvalue weighted by molar-refractivity contribution is 5.56. The Morgan fingerprint density at radius 2 is 1.91 bits per heavy atom. The lowest BCUT2D eigenvalue weighted by molar-refractivity contribution is 1.34. The van der Waals surface area contributed by atoms with E-state index in [1.165, 1.54) is 6.34 Å². The van der Waals surface area contributed by atoms with Gasteiger partial charge in [0.2, 0.25) is 0 Å². The third-order valence-corrected chi connectivity index (χ3v) is 1.18. The Morgan fingerprint density at radius 1 is 1.27 bits per heavy atom. The van der Waals surface area contributed by atoms with E-state index in [1.807, 2.05) is 12.1 Å². The lowest BCUT2D eigenvalue weighted by Gasteiger charge is -1.98. The van der Waals surface area contributed by atoms with Crippen LogP contribution in [-0.4, -0.2) is 6.34 Å². The Bertz CT molecular complexity index is 239. The van der Waals surface area contributed by atoms with Gasteiger partial charge in [0.05, 0.1) is 5.69 Å². The van der Waals surface area contributed by atoms with Crippen LogP contribution in [0, 0.1) is 0 Å². The van der Waals surface area contributed by atoms with E-state index >= 15 is 0 Å². The van der Waals surface area contributed by atoms with Gasteiger partial charge in [0.15, 0.2) is 0 Å². The van der Waals surface area contributed by atoms with E-state index in [0.29, 0.717) is 0 Å². The van der Waals surface area contributed by atoms with Crippen molar-refractivity contribution in [3.63, 3.8) is 0 Å². The van der Waals surface area contributed by atoms with Crippen LogP contribution in [0.25, 0.3) is 0 Å². The third kappa shape index (κ3) is 2.17. The van der Waals surface area contributed by atoms with Crippen LogP contribution in [0.3, 0.4) is 0 Å². The van der Waals surface area contributed by atoms with E-state index < -0.39 is 0 Å². The summed E-state index contributed by atoms with van der Waals surface area (Å²) in [7, 11) is 0. The maximum absolute atomic E-state index is 5.46. The van der Waals surface area contributed by atoms with Gasteiger partial charge in [-0.3, -0.25) is 5.43 Å².